The third-order valence-electron chi connectivity index (χ3n) is 10.9. The predicted molar refractivity (Wildman–Crippen MR) is 244 cm³/mol. The Balaban J connectivity index is 1.07. The van der Waals surface area contributed by atoms with Crippen LogP contribution < -0.4 is 4.90 Å². The molecule has 0 aliphatic rings. The van der Waals surface area contributed by atoms with Crippen LogP contribution in [0.15, 0.2) is 186 Å². The maximum atomic E-state index is 6.77. The number of benzene rings is 8. The molecule has 0 aliphatic carbocycles. The number of rotatable bonds is 6. The minimum atomic E-state index is 0.596. The van der Waals surface area contributed by atoms with Crippen molar-refractivity contribution in [3.63, 3.8) is 0 Å². The molecule has 5 nitrogen and oxygen atoms in total. The minimum Gasteiger partial charge on any atom is -0.456 e. The lowest BCUT2D eigenvalue weighted by Crippen LogP contribution is -2.10. The molecule has 0 radical (unpaired) electrons. The van der Waals surface area contributed by atoms with E-state index in [-0.39, 0.29) is 0 Å². The van der Waals surface area contributed by atoms with E-state index < -0.39 is 0 Å². The standard InChI is InChI=1S/C51H30N4OS2/c1-3-13-31(14-4-1)49-52-50(32-15-5-2-6-16-32)54-51(53-49)38-19-11-21-41-47(38)36-27-25-34(30-42(36)56-41)55(33-26-28-45-39(29-33)35-17-7-9-22-43(35)57-45)40-20-12-24-46-48(40)37-18-8-10-23-44(37)58-46/h1-30H. The van der Waals surface area contributed by atoms with Gasteiger partial charge in [-0.15, -0.1) is 22.7 Å². The summed E-state index contributed by atoms with van der Waals surface area (Å²) in [6, 6.07) is 63.8. The summed E-state index contributed by atoms with van der Waals surface area (Å²) >= 11 is 3.67. The second-order valence-corrected chi connectivity index (χ2v) is 16.5. The smallest absolute Gasteiger partial charge is 0.164 e. The molecule has 0 N–H and O–H groups in total. The highest BCUT2D eigenvalue weighted by Gasteiger charge is 2.22. The molecule has 7 heteroatoms. The van der Waals surface area contributed by atoms with Gasteiger partial charge in [0, 0.05) is 85.2 Å². The topological polar surface area (TPSA) is 55.1 Å². The second kappa shape index (κ2) is 13.2. The van der Waals surface area contributed by atoms with Crippen LogP contribution in [-0.2, 0) is 0 Å². The van der Waals surface area contributed by atoms with Crippen molar-refractivity contribution in [2.24, 2.45) is 0 Å². The number of hydrogen-bond acceptors (Lipinski definition) is 7. The molecule has 58 heavy (non-hydrogen) atoms. The number of furan rings is 1. The Kier molecular flexibility index (Phi) is 7.51. The van der Waals surface area contributed by atoms with E-state index in [0.717, 1.165) is 55.7 Å². The lowest BCUT2D eigenvalue weighted by molar-refractivity contribution is 0.669. The summed E-state index contributed by atoms with van der Waals surface area (Å²) in [5.41, 5.74) is 7.53. The zero-order valence-electron chi connectivity index (χ0n) is 30.8. The molecule has 4 aromatic heterocycles. The van der Waals surface area contributed by atoms with Gasteiger partial charge in [0.05, 0.1) is 5.69 Å². The van der Waals surface area contributed by atoms with Crippen molar-refractivity contribution < 1.29 is 4.42 Å². The normalized spacial score (nSPS) is 11.8. The van der Waals surface area contributed by atoms with Crippen LogP contribution in [0.4, 0.5) is 17.1 Å². The Labute approximate surface area is 340 Å². The first-order valence-corrected chi connectivity index (χ1v) is 20.8. The maximum absolute atomic E-state index is 6.77. The summed E-state index contributed by atoms with van der Waals surface area (Å²) in [6.45, 7) is 0. The van der Waals surface area contributed by atoms with Crippen LogP contribution in [0.1, 0.15) is 0 Å². The van der Waals surface area contributed by atoms with Crippen LogP contribution in [0, 0.1) is 0 Å². The fourth-order valence-electron chi connectivity index (χ4n) is 8.29. The summed E-state index contributed by atoms with van der Waals surface area (Å²) in [5, 5.41) is 6.98. The third-order valence-corrected chi connectivity index (χ3v) is 13.2. The van der Waals surface area contributed by atoms with Gasteiger partial charge in [-0.05, 0) is 60.7 Å². The van der Waals surface area contributed by atoms with Crippen molar-refractivity contribution in [2.45, 2.75) is 0 Å². The van der Waals surface area contributed by atoms with Gasteiger partial charge in [-0.3, -0.25) is 0 Å². The molecule has 0 amide bonds. The molecular weight excluding hydrogens is 749 g/mol. The molecule has 0 atom stereocenters. The van der Waals surface area contributed by atoms with Crippen LogP contribution >= 0.6 is 22.7 Å². The highest BCUT2D eigenvalue weighted by molar-refractivity contribution is 7.26. The first-order valence-electron chi connectivity index (χ1n) is 19.2. The molecular formula is C51H30N4OS2. The monoisotopic (exact) mass is 778 g/mol. The molecule has 4 heterocycles. The van der Waals surface area contributed by atoms with E-state index in [0.29, 0.717) is 17.5 Å². The summed E-state index contributed by atoms with van der Waals surface area (Å²) in [6.07, 6.45) is 0. The molecule has 0 spiro atoms. The Bertz CT molecular complexity index is 3480. The molecule has 0 saturated heterocycles. The van der Waals surface area contributed by atoms with Crippen LogP contribution in [-0.4, -0.2) is 15.0 Å². The number of aromatic nitrogens is 3. The molecule has 272 valence electrons. The van der Waals surface area contributed by atoms with E-state index in [2.05, 4.69) is 114 Å². The van der Waals surface area contributed by atoms with Crippen LogP contribution in [0.2, 0.25) is 0 Å². The predicted octanol–water partition coefficient (Wildman–Crippen LogP) is 15.0. The van der Waals surface area contributed by atoms with E-state index in [9.17, 15) is 0 Å². The molecule has 8 aromatic carbocycles. The molecule has 0 saturated carbocycles. The molecule has 0 fully saturated rings. The SMILES string of the molecule is c1ccc(-c2nc(-c3ccccc3)nc(-c3cccc4oc5cc(N(c6ccc7sc8ccccc8c7c6)c6cccc7sc8ccccc8c67)ccc5c34)n2)cc1. The highest BCUT2D eigenvalue weighted by atomic mass is 32.1. The second-order valence-electron chi connectivity index (χ2n) is 14.4. The van der Waals surface area contributed by atoms with Crippen LogP contribution in [0.5, 0.6) is 0 Å². The van der Waals surface area contributed by atoms with Crippen LogP contribution in [0.25, 0.3) is 96.4 Å². The zero-order chi connectivity index (χ0) is 38.2. The first kappa shape index (κ1) is 33.0. The Morgan fingerprint density at radius 2 is 0.966 bits per heavy atom. The number of anilines is 3. The summed E-state index contributed by atoms with van der Waals surface area (Å²) in [4.78, 5) is 17.5. The van der Waals surface area contributed by atoms with Crippen molar-refractivity contribution in [3.05, 3.63) is 182 Å². The van der Waals surface area contributed by atoms with Crippen molar-refractivity contribution in [3.8, 4) is 34.2 Å². The van der Waals surface area contributed by atoms with Crippen molar-refractivity contribution >= 4 is 102 Å². The average molecular weight is 779 g/mol. The summed E-state index contributed by atoms with van der Waals surface area (Å²) < 4.78 is 11.9. The quantitative estimate of drug-likeness (QED) is 0.168. The first-order chi connectivity index (χ1) is 28.7. The van der Waals surface area contributed by atoms with E-state index in [1.807, 2.05) is 95.5 Å². The van der Waals surface area contributed by atoms with Gasteiger partial charge in [0.25, 0.3) is 0 Å². The fourth-order valence-corrected chi connectivity index (χ4v) is 10.5. The van der Waals surface area contributed by atoms with Gasteiger partial charge in [-0.1, -0.05) is 115 Å². The Morgan fingerprint density at radius 3 is 1.74 bits per heavy atom. The maximum Gasteiger partial charge on any atom is 0.164 e. The molecule has 0 bridgehead atoms. The van der Waals surface area contributed by atoms with Crippen molar-refractivity contribution in [1.82, 2.24) is 15.0 Å². The van der Waals surface area contributed by atoms with Gasteiger partial charge in [0.1, 0.15) is 11.2 Å². The number of hydrogen-bond donors (Lipinski definition) is 0. The number of thiophene rings is 2. The van der Waals surface area contributed by atoms with Gasteiger partial charge in [0.15, 0.2) is 17.5 Å². The third kappa shape index (κ3) is 5.32. The summed E-state index contributed by atoms with van der Waals surface area (Å²) in [7, 11) is 0. The average Bonchev–Trinajstić information content (AvgIpc) is 3.98. The van der Waals surface area contributed by atoms with E-state index in [1.165, 1.54) is 40.3 Å². The van der Waals surface area contributed by atoms with Gasteiger partial charge < -0.3 is 9.32 Å². The van der Waals surface area contributed by atoms with E-state index in [4.69, 9.17) is 19.4 Å². The minimum absolute atomic E-state index is 0.596. The zero-order valence-corrected chi connectivity index (χ0v) is 32.5. The Hall–Kier alpha value is -7.19. The Morgan fingerprint density at radius 1 is 0.379 bits per heavy atom. The van der Waals surface area contributed by atoms with Crippen LogP contribution in [0.3, 0.4) is 0 Å². The van der Waals surface area contributed by atoms with Gasteiger partial charge in [-0.2, -0.15) is 0 Å². The van der Waals surface area contributed by atoms with Gasteiger partial charge >= 0.3 is 0 Å². The lowest BCUT2D eigenvalue weighted by atomic mass is 10.0. The lowest BCUT2D eigenvalue weighted by Gasteiger charge is -2.26. The van der Waals surface area contributed by atoms with E-state index >= 15 is 0 Å². The molecule has 12 aromatic rings. The number of fused-ring (bicyclic) bond motifs is 9. The molecule has 0 aliphatic heterocycles. The van der Waals surface area contributed by atoms with Crippen molar-refractivity contribution in [2.75, 3.05) is 4.90 Å². The summed E-state index contributed by atoms with van der Waals surface area (Å²) in [5.74, 6) is 1.84. The van der Waals surface area contributed by atoms with Gasteiger partial charge in [0.2, 0.25) is 0 Å². The largest absolute Gasteiger partial charge is 0.456 e. The van der Waals surface area contributed by atoms with E-state index in [1.54, 1.807) is 0 Å². The fraction of sp³-hybridized carbons (Fsp3) is 0. The number of nitrogens with zero attached hydrogens (tertiary/aromatic N) is 4. The molecule has 0 unspecified atom stereocenters. The molecule has 12 rings (SSSR count). The van der Waals surface area contributed by atoms with Gasteiger partial charge in [-0.25, -0.2) is 15.0 Å². The highest BCUT2D eigenvalue weighted by Crippen LogP contribution is 2.47. The van der Waals surface area contributed by atoms with Crippen molar-refractivity contribution in [1.29, 1.82) is 0 Å².